The molecule has 6 nitrogen and oxygen atoms in total. The summed E-state index contributed by atoms with van der Waals surface area (Å²) in [5.41, 5.74) is 1.81. The van der Waals surface area contributed by atoms with E-state index in [4.69, 9.17) is 4.74 Å². The first-order chi connectivity index (χ1) is 10.7. The van der Waals surface area contributed by atoms with Gasteiger partial charge in [0.1, 0.15) is 11.4 Å². The molecule has 0 aliphatic rings. The van der Waals surface area contributed by atoms with Gasteiger partial charge in [-0.3, -0.25) is 4.40 Å². The molecule has 2 aromatic heterocycles. The fourth-order valence-corrected chi connectivity index (χ4v) is 2.19. The van der Waals surface area contributed by atoms with E-state index < -0.39 is 0 Å². The largest absolute Gasteiger partial charge is 0.504 e. The number of aryl methyl sites for hydroxylation is 1. The van der Waals surface area contributed by atoms with Crippen LogP contribution in [0.5, 0.6) is 11.5 Å². The Balaban J connectivity index is 2.03. The van der Waals surface area contributed by atoms with Crippen LogP contribution in [0.4, 0.5) is 11.5 Å². The maximum absolute atomic E-state index is 9.83. The number of azo groups is 1. The Morgan fingerprint density at radius 3 is 2.82 bits per heavy atom. The number of nitrogens with zero attached hydrogens (tertiary/aromatic N) is 4. The van der Waals surface area contributed by atoms with Crippen molar-refractivity contribution in [2.24, 2.45) is 10.2 Å². The number of fused-ring (bicyclic) bond motifs is 1. The number of pyridine rings is 1. The van der Waals surface area contributed by atoms with Gasteiger partial charge in [-0.15, -0.1) is 10.2 Å². The smallest absolute Gasteiger partial charge is 0.182 e. The van der Waals surface area contributed by atoms with Gasteiger partial charge in [0.05, 0.1) is 12.3 Å². The van der Waals surface area contributed by atoms with Crippen molar-refractivity contribution in [3.63, 3.8) is 0 Å². The number of imidazole rings is 1. The van der Waals surface area contributed by atoms with Crippen LogP contribution < -0.4 is 4.74 Å². The van der Waals surface area contributed by atoms with Gasteiger partial charge in [-0.2, -0.15) is 0 Å². The topological polar surface area (TPSA) is 71.5 Å². The SMILES string of the molecule is CCOc1ccccc1N=Nc1c(C)nc2c(O)cccn12. The van der Waals surface area contributed by atoms with Crippen molar-refractivity contribution in [1.29, 1.82) is 0 Å². The van der Waals surface area contributed by atoms with Crippen molar-refractivity contribution in [3.05, 3.63) is 48.3 Å². The van der Waals surface area contributed by atoms with E-state index in [2.05, 4.69) is 15.2 Å². The van der Waals surface area contributed by atoms with Crippen LogP contribution in [0.1, 0.15) is 12.6 Å². The van der Waals surface area contributed by atoms with Crippen LogP contribution >= 0.6 is 0 Å². The lowest BCUT2D eigenvalue weighted by molar-refractivity contribution is 0.341. The molecule has 0 fully saturated rings. The number of hydrogen-bond donors (Lipinski definition) is 1. The predicted octanol–water partition coefficient (Wildman–Crippen LogP) is 4.16. The lowest BCUT2D eigenvalue weighted by atomic mass is 10.3. The molecule has 22 heavy (non-hydrogen) atoms. The Hall–Kier alpha value is -2.89. The summed E-state index contributed by atoms with van der Waals surface area (Å²) >= 11 is 0. The summed E-state index contributed by atoms with van der Waals surface area (Å²) in [4.78, 5) is 4.31. The van der Waals surface area contributed by atoms with E-state index in [1.807, 2.05) is 38.1 Å². The van der Waals surface area contributed by atoms with Crippen LogP contribution in [0.25, 0.3) is 5.65 Å². The third-order valence-electron chi connectivity index (χ3n) is 3.19. The van der Waals surface area contributed by atoms with Gasteiger partial charge in [0.25, 0.3) is 0 Å². The molecule has 0 spiro atoms. The fourth-order valence-electron chi connectivity index (χ4n) is 2.19. The van der Waals surface area contributed by atoms with Crippen molar-refractivity contribution in [2.45, 2.75) is 13.8 Å². The highest BCUT2D eigenvalue weighted by molar-refractivity contribution is 5.60. The molecule has 2 heterocycles. The van der Waals surface area contributed by atoms with Gasteiger partial charge in [0.2, 0.25) is 0 Å². The zero-order valence-electron chi connectivity index (χ0n) is 12.4. The molecule has 0 amide bonds. The van der Waals surface area contributed by atoms with Crippen LogP contribution in [0.2, 0.25) is 0 Å². The monoisotopic (exact) mass is 296 g/mol. The summed E-state index contributed by atoms with van der Waals surface area (Å²) < 4.78 is 7.23. The Labute approximate surface area is 127 Å². The van der Waals surface area contributed by atoms with Crippen molar-refractivity contribution in [1.82, 2.24) is 9.38 Å². The molecule has 6 heteroatoms. The summed E-state index contributed by atoms with van der Waals surface area (Å²) in [5, 5.41) is 18.4. The molecule has 0 bridgehead atoms. The molecule has 1 aromatic carbocycles. The minimum absolute atomic E-state index is 0.113. The van der Waals surface area contributed by atoms with Crippen LogP contribution in [-0.4, -0.2) is 21.1 Å². The molecule has 3 aromatic rings. The lowest BCUT2D eigenvalue weighted by Gasteiger charge is -2.04. The summed E-state index contributed by atoms with van der Waals surface area (Å²) in [7, 11) is 0. The average Bonchev–Trinajstić information content (AvgIpc) is 2.84. The van der Waals surface area contributed by atoms with Crippen molar-refractivity contribution >= 4 is 17.2 Å². The van der Waals surface area contributed by atoms with E-state index in [1.165, 1.54) is 0 Å². The predicted molar refractivity (Wildman–Crippen MR) is 83.4 cm³/mol. The van der Waals surface area contributed by atoms with Crippen LogP contribution in [0.15, 0.2) is 52.8 Å². The number of aromatic hydroxyl groups is 1. The molecule has 0 radical (unpaired) electrons. The normalized spacial score (nSPS) is 11.4. The molecular weight excluding hydrogens is 280 g/mol. The summed E-state index contributed by atoms with van der Waals surface area (Å²) in [5.74, 6) is 1.38. The van der Waals surface area contributed by atoms with E-state index in [-0.39, 0.29) is 5.75 Å². The minimum atomic E-state index is 0.113. The first-order valence-electron chi connectivity index (χ1n) is 7.01. The van der Waals surface area contributed by atoms with E-state index in [1.54, 1.807) is 22.7 Å². The molecule has 3 rings (SSSR count). The first kappa shape index (κ1) is 14.1. The fraction of sp³-hybridized carbons (Fsp3) is 0.188. The second kappa shape index (κ2) is 5.85. The highest BCUT2D eigenvalue weighted by Crippen LogP contribution is 2.31. The van der Waals surface area contributed by atoms with Crippen LogP contribution in [0.3, 0.4) is 0 Å². The van der Waals surface area contributed by atoms with Gasteiger partial charge < -0.3 is 9.84 Å². The number of hydrogen-bond acceptors (Lipinski definition) is 5. The van der Waals surface area contributed by atoms with Gasteiger partial charge in [-0.1, -0.05) is 12.1 Å². The van der Waals surface area contributed by atoms with Crippen molar-refractivity contribution in [3.8, 4) is 11.5 Å². The van der Waals surface area contributed by atoms with Gasteiger partial charge in [0, 0.05) is 6.20 Å². The molecular formula is C16H16N4O2. The molecule has 0 saturated carbocycles. The quantitative estimate of drug-likeness (QED) is 0.735. The first-order valence-corrected chi connectivity index (χ1v) is 7.01. The maximum Gasteiger partial charge on any atom is 0.182 e. The third kappa shape index (κ3) is 2.50. The van der Waals surface area contributed by atoms with Gasteiger partial charge in [0.15, 0.2) is 17.2 Å². The Morgan fingerprint density at radius 2 is 2.00 bits per heavy atom. The van der Waals surface area contributed by atoms with E-state index in [9.17, 15) is 5.11 Å². The van der Waals surface area contributed by atoms with E-state index in [0.29, 0.717) is 35.2 Å². The van der Waals surface area contributed by atoms with Crippen molar-refractivity contribution < 1.29 is 9.84 Å². The second-order valence-corrected chi connectivity index (χ2v) is 4.71. The maximum atomic E-state index is 9.83. The van der Waals surface area contributed by atoms with Gasteiger partial charge in [-0.05, 0) is 38.1 Å². The molecule has 0 atom stereocenters. The molecule has 112 valence electrons. The zero-order chi connectivity index (χ0) is 15.5. The summed E-state index contributed by atoms with van der Waals surface area (Å²) in [6.45, 7) is 4.32. The average molecular weight is 296 g/mol. The van der Waals surface area contributed by atoms with Crippen LogP contribution in [0, 0.1) is 6.92 Å². The summed E-state index contributed by atoms with van der Waals surface area (Å²) in [6, 6.07) is 10.8. The minimum Gasteiger partial charge on any atom is -0.504 e. The van der Waals surface area contributed by atoms with Gasteiger partial charge >= 0.3 is 0 Å². The highest BCUT2D eigenvalue weighted by Gasteiger charge is 2.11. The molecule has 0 aliphatic carbocycles. The van der Waals surface area contributed by atoms with Crippen LogP contribution in [-0.2, 0) is 0 Å². The number of para-hydroxylation sites is 1. The third-order valence-corrected chi connectivity index (χ3v) is 3.19. The number of rotatable bonds is 4. The Kier molecular flexibility index (Phi) is 3.74. The number of aromatic nitrogens is 2. The van der Waals surface area contributed by atoms with E-state index in [0.717, 1.165) is 0 Å². The second-order valence-electron chi connectivity index (χ2n) is 4.71. The molecule has 0 unspecified atom stereocenters. The van der Waals surface area contributed by atoms with Crippen molar-refractivity contribution in [2.75, 3.05) is 6.61 Å². The summed E-state index contributed by atoms with van der Waals surface area (Å²) in [6.07, 6.45) is 1.79. The number of ether oxygens (including phenoxy) is 1. The zero-order valence-corrected chi connectivity index (χ0v) is 12.4. The molecule has 1 N–H and O–H groups in total. The molecule has 0 aliphatic heterocycles. The number of benzene rings is 1. The van der Waals surface area contributed by atoms with E-state index >= 15 is 0 Å². The highest BCUT2D eigenvalue weighted by atomic mass is 16.5. The lowest BCUT2D eigenvalue weighted by Crippen LogP contribution is -1.90. The standard InChI is InChI=1S/C16H16N4O2/c1-3-22-14-9-5-4-7-12(14)18-19-15-11(2)17-16-13(21)8-6-10-20(15)16/h4-10,21H,3H2,1-2H3. The Bertz CT molecular complexity index is 839. The van der Waals surface area contributed by atoms with Gasteiger partial charge in [-0.25, -0.2) is 4.98 Å². The Morgan fingerprint density at radius 1 is 1.18 bits per heavy atom. The molecule has 0 saturated heterocycles.